The van der Waals surface area contributed by atoms with Crippen LogP contribution in [0.2, 0.25) is 5.15 Å². The lowest BCUT2D eigenvalue weighted by atomic mass is 10.2. The lowest BCUT2D eigenvalue weighted by Crippen LogP contribution is -2.48. The van der Waals surface area contributed by atoms with Crippen molar-refractivity contribution in [1.82, 2.24) is 10.2 Å². The Morgan fingerprint density at radius 2 is 2.31 bits per heavy atom. The van der Waals surface area contributed by atoms with Crippen molar-refractivity contribution in [3.05, 3.63) is 17.3 Å². The van der Waals surface area contributed by atoms with E-state index in [-0.39, 0.29) is 18.8 Å². The first-order chi connectivity index (χ1) is 7.69. The summed E-state index contributed by atoms with van der Waals surface area (Å²) in [5.74, 6) is 0.762. The summed E-state index contributed by atoms with van der Waals surface area (Å²) in [7, 11) is 0. The van der Waals surface area contributed by atoms with Crippen LogP contribution in [0.4, 0.5) is 5.82 Å². The van der Waals surface area contributed by atoms with Crippen molar-refractivity contribution in [2.45, 2.75) is 19.1 Å². The van der Waals surface area contributed by atoms with Gasteiger partial charge in [-0.05, 0) is 19.1 Å². The minimum absolute atomic E-state index is 0.0157. The summed E-state index contributed by atoms with van der Waals surface area (Å²) >= 11 is 5.68. The number of aliphatic hydroxyl groups excluding tert-OH is 1. The lowest BCUT2D eigenvalue weighted by Gasteiger charge is -2.36. The monoisotopic (exact) mass is 243 g/mol. The third-order valence-electron chi connectivity index (χ3n) is 2.47. The molecule has 1 aromatic heterocycles. The molecule has 1 fully saturated rings. The molecule has 0 bridgehead atoms. The Labute approximate surface area is 99.0 Å². The molecule has 1 saturated heterocycles. The Morgan fingerprint density at radius 1 is 1.50 bits per heavy atom. The van der Waals surface area contributed by atoms with E-state index in [9.17, 15) is 0 Å². The van der Waals surface area contributed by atoms with Crippen LogP contribution in [-0.2, 0) is 4.74 Å². The van der Waals surface area contributed by atoms with Gasteiger partial charge in [-0.15, -0.1) is 10.2 Å². The molecule has 0 spiro atoms. The molecule has 16 heavy (non-hydrogen) atoms. The van der Waals surface area contributed by atoms with Gasteiger partial charge >= 0.3 is 0 Å². The van der Waals surface area contributed by atoms with Crippen LogP contribution in [0.25, 0.3) is 0 Å². The van der Waals surface area contributed by atoms with Crippen LogP contribution in [0.15, 0.2) is 12.1 Å². The molecule has 1 aromatic rings. The van der Waals surface area contributed by atoms with Gasteiger partial charge < -0.3 is 14.7 Å². The maximum atomic E-state index is 9.11. The lowest BCUT2D eigenvalue weighted by molar-refractivity contribution is -0.0423. The summed E-state index contributed by atoms with van der Waals surface area (Å²) in [5.41, 5.74) is 0. The van der Waals surface area contributed by atoms with Crippen molar-refractivity contribution < 1.29 is 9.84 Å². The summed E-state index contributed by atoms with van der Waals surface area (Å²) < 4.78 is 5.54. The van der Waals surface area contributed by atoms with Gasteiger partial charge in [-0.1, -0.05) is 11.6 Å². The van der Waals surface area contributed by atoms with Gasteiger partial charge in [0.05, 0.1) is 18.8 Å². The molecule has 5 nitrogen and oxygen atoms in total. The highest BCUT2D eigenvalue weighted by Gasteiger charge is 2.25. The smallest absolute Gasteiger partial charge is 0.151 e. The number of hydrogen-bond acceptors (Lipinski definition) is 5. The standard InChI is InChI=1S/C10H14ClN3O2/c1-7-4-14(5-8(6-15)16-7)10-3-2-9(11)12-13-10/h2-3,7-8,15H,4-6H2,1H3/t7-,8-/m1/s1. The van der Waals surface area contributed by atoms with Crippen molar-refractivity contribution in [2.75, 3.05) is 24.6 Å². The van der Waals surface area contributed by atoms with E-state index < -0.39 is 0 Å². The number of rotatable bonds is 2. The first kappa shape index (κ1) is 11.6. The second kappa shape index (κ2) is 4.95. The molecule has 0 saturated carbocycles. The van der Waals surface area contributed by atoms with Crippen molar-refractivity contribution in [2.24, 2.45) is 0 Å². The molecule has 0 amide bonds. The van der Waals surface area contributed by atoms with E-state index in [2.05, 4.69) is 10.2 Å². The SMILES string of the molecule is C[C@@H]1CN(c2ccc(Cl)nn2)C[C@H](CO)O1. The van der Waals surface area contributed by atoms with E-state index in [1.165, 1.54) is 0 Å². The second-order valence-electron chi connectivity index (χ2n) is 3.87. The Balaban J connectivity index is 2.11. The van der Waals surface area contributed by atoms with Gasteiger partial charge in [0.15, 0.2) is 11.0 Å². The Hall–Kier alpha value is -0.910. The molecule has 88 valence electrons. The third-order valence-corrected chi connectivity index (χ3v) is 2.67. The van der Waals surface area contributed by atoms with Crippen LogP contribution in [0.5, 0.6) is 0 Å². The number of morpholine rings is 1. The zero-order valence-corrected chi connectivity index (χ0v) is 9.76. The van der Waals surface area contributed by atoms with E-state index in [1.807, 2.05) is 17.9 Å². The summed E-state index contributed by atoms with van der Waals surface area (Å²) in [6, 6.07) is 3.53. The normalized spacial score (nSPS) is 25.8. The van der Waals surface area contributed by atoms with Gasteiger partial charge in [-0.25, -0.2) is 0 Å². The minimum atomic E-state index is -0.166. The van der Waals surface area contributed by atoms with E-state index in [0.29, 0.717) is 11.7 Å². The van der Waals surface area contributed by atoms with Gasteiger partial charge in [0.25, 0.3) is 0 Å². The van der Waals surface area contributed by atoms with Gasteiger partial charge in [-0.3, -0.25) is 0 Å². The number of anilines is 1. The number of aromatic nitrogens is 2. The highest BCUT2D eigenvalue weighted by molar-refractivity contribution is 6.29. The predicted molar refractivity (Wildman–Crippen MR) is 60.7 cm³/mol. The third kappa shape index (κ3) is 2.61. The molecule has 0 aliphatic carbocycles. The number of halogens is 1. The molecule has 2 heterocycles. The average molecular weight is 244 g/mol. The van der Waals surface area contributed by atoms with Gasteiger partial charge in [0, 0.05) is 13.1 Å². The summed E-state index contributed by atoms with van der Waals surface area (Å²) in [6.45, 7) is 3.35. The highest BCUT2D eigenvalue weighted by atomic mass is 35.5. The number of ether oxygens (including phenoxy) is 1. The van der Waals surface area contributed by atoms with Crippen LogP contribution in [0.3, 0.4) is 0 Å². The maximum Gasteiger partial charge on any atom is 0.151 e. The molecule has 1 N–H and O–H groups in total. The van der Waals surface area contributed by atoms with Crippen LogP contribution in [0, 0.1) is 0 Å². The van der Waals surface area contributed by atoms with E-state index in [1.54, 1.807) is 6.07 Å². The van der Waals surface area contributed by atoms with Crippen molar-refractivity contribution in [3.63, 3.8) is 0 Å². The molecule has 1 aliphatic heterocycles. The van der Waals surface area contributed by atoms with E-state index >= 15 is 0 Å². The summed E-state index contributed by atoms with van der Waals surface area (Å²) in [6.07, 6.45) is -0.0930. The number of hydrogen-bond donors (Lipinski definition) is 1. The van der Waals surface area contributed by atoms with Crippen LogP contribution in [-0.4, -0.2) is 47.2 Å². The van der Waals surface area contributed by atoms with Crippen LogP contribution in [0.1, 0.15) is 6.92 Å². The maximum absolute atomic E-state index is 9.11. The Bertz CT molecular complexity index is 346. The van der Waals surface area contributed by atoms with E-state index in [4.69, 9.17) is 21.4 Å². The molecule has 2 atom stereocenters. The van der Waals surface area contributed by atoms with Gasteiger partial charge in [0.1, 0.15) is 0 Å². The molecule has 1 aliphatic rings. The quantitative estimate of drug-likeness (QED) is 0.829. The van der Waals surface area contributed by atoms with E-state index in [0.717, 1.165) is 12.4 Å². The Kier molecular flexibility index (Phi) is 3.58. The van der Waals surface area contributed by atoms with Crippen LogP contribution >= 0.6 is 11.6 Å². The fraction of sp³-hybridized carbons (Fsp3) is 0.600. The molecule has 6 heteroatoms. The highest BCUT2D eigenvalue weighted by Crippen LogP contribution is 2.18. The topological polar surface area (TPSA) is 58.5 Å². The average Bonchev–Trinajstić information content (AvgIpc) is 2.29. The molecule has 2 rings (SSSR count). The molecule has 0 radical (unpaired) electrons. The molecule has 0 aromatic carbocycles. The first-order valence-electron chi connectivity index (χ1n) is 5.19. The van der Waals surface area contributed by atoms with Gasteiger partial charge in [-0.2, -0.15) is 0 Å². The Morgan fingerprint density at radius 3 is 2.94 bits per heavy atom. The first-order valence-corrected chi connectivity index (χ1v) is 5.57. The summed E-state index contributed by atoms with van der Waals surface area (Å²) in [5, 5.41) is 17.3. The summed E-state index contributed by atoms with van der Waals surface area (Å²) in [4.78, 5) is 2.04. The van der Waals surface area contributed by atoms with Gasteiger partial charge in [0.2, 0.25) is 0 Å². The number of aliphatic hydroxyl groups is 1. The van der Waals surface area contributed by atoms with Crippen molar-refractivity contribution in [3.8, 4) is 0 Å². The zero-order chi connectivity index (χ0) is 11.5. The fourth-order valence-electron chi connectivity index (χ4n) is 1.81. The van der Waals surface area contributed by atoms with Crippen LogP contribution < -0.4 is 4.90 Å². The second-order valence-corrected chi connectivity index (χ2v) is 4.26. The molecule has 0 unspecified atom stereocenters. The zero-order valence-electron chi connectivity index (χ0n) is 9.01. The largest absolute Gasteiger partial charge is 0.394 e. The minimum Gasteiger partial charge on any atom is -0.394 e. The molecular weight excluding hydrogens is 230 g/mol. The fourth-order valence-corrected chi connectivity index (χ4v) is 1.91. The predicted octanol–water partition coefficient (Wildman–Crippen LogP) is 0.716. The number of nitrogens with zero attached hydrogens (tertiary/aromatic N) is 3. The van der Waals surface area contributed by atoms with Crippen molar-refractivity contribution >= 4 is 17.4 Å². The van der Waals surface area contributed by atoms with Crippen molar-refractivity contribution in [1.29, 1.82) is 0 Å². The molecular formula is C10H14ClN3O2.